The number of hydrogen-bond donors (Lipinski definition) is 2. The van der Waals surface area contributed by atoms with Crippen LogP contribution in [0.1, 0.15) is 12.8 Å². The van der Waals surface area contributed by atoms with Gasteiger partial charge in [-0.05, 0) is 31.0 Å². The molecule has 0 bridgehead atoms. The van der Waals surface area contributed by atoms with Gasteiger partial charge in [0.1, 0.15) is 5.82 Å². The summed E-state index contributed by atoms with van der Waals surface area (Å²) in [5.74, 6) is -2.40. The maximum Gasteiger partial charge on any atom is 0.321 e. The third-order valence-electron chi connectivity index (χ3n) is 3.68. The summed E-state index contributed by atoms with van der Waals surface area (Å²) in [5, 5.41) is 11.5. The Morgan fingerprint density at radius 3 is 2.58 bits per heavy atom. The molecule has 0 spiro atoms. The van der Waals surface area contributed by atoms with Crippen molar-refractivity contribution in [2.45, 2.75) is 24.2 Å². The van der Waals surface area contributed by atoms with Crippen LogP contribution in [-0.4, -0.2) is 47.3 Å². The molecule has 9 heteroatoms. The number of nitrogens with one attached hydrogen (secondary N) is 1. The van der Waals surface area contributed by atoms with Crippen LogP contribution in [0.15, 0.2) is 23.1 Å². The quantitative estimate of drug-likeness (QED) is 0.787. The number of hydrogen-bond acceptors (Lipinski definition) is 3. The summed E-state index contributed by atoms with van der Waals surface area (Å²) < 4.78 is 38.1. The summed E-state index contributed by atoms with van der Waals surface area (Å²) in [4.78, 5) is 24.9. The molecule has 2 rings (SSSR count). The third-order valence-corrected chi connectivity index (χ3v) is 4.77. The molecule has 1 heterocycles. The first-order chi connectivity index (χ1) is 11.4. The Bertz CT molecular complexity index is 608. The van der Waals surface area contributed by atoms with Gasteiger partial charge in [0, 0.05) is 18.0 Å². The van der Waals surface area contributed by atoms with Crippen LogP contribution in [0.25, 0.3) is 0 Å². The van der Waals surface area contributed by atoms with E-state index >= 15 is 0 Å². The predicted molar refractivity (Wildman–Crippen MR) is 84.1 cm³/mol. The van der Waals surface area contributed by atoms with Crippen LogP contribution in [0, 0.1) is 11.7 Å². The van der Waals surface area contributed by atoms with Gasteiger partial charge in [-0.15, -0.1) is 11.8 Å². The van der Waals surface area contributed by atoms with E-state index in [2.05, 4.69) is 5.32 Å². The van der Waals surface area contributed by atoms with E-state index in [9.17, 15) is 22.8 Å². The molecule has 1 saturated heterocycles. The summed E-state index contributed by atoms with van der Waals surface area (Å²) in [5.41, 5.74) is 0.131. The lowest BCUT2D eigenvalue weighted by atomic mass is 9.97. The molecule has 2 amide bonds. The second kappa shape index (κ2) is 8.27. The molecule has 0 aliphatic carbocycles. The summed E-state index contributed by atoms with van der Waals surface area (Å²) in [6.07, 6.45) is -1.82. The van der Waals surface area contributed by atoms with Crippen LogP contribution in [0.2, 0.25) is 0 Å². The molecule has 0 saturated carbocycles. The van der Waals surface area contributed by atoms with Crippen LogP contribution in [-0.2, 0) is 4.79 Å². The number of piperidine rings is 1. The zero-order valence-electron chi connectivity index (χ0n) is 12.7. The minimum atomic E-state index is -2.52. The number of urea groups is 1. The maximum absolute atomic E-state index is 13.4. The van der Waals surface area contributed by atoms with Gasteiger partial charge in [-0.1, -0.05) is 0 Å². The van der Waals surface area contributed by atoms with E-state index in [4.69, 9.17) is 5.11 Å². The number of alkyl halides is 2. The lowest BCUT2D eigenvalue weighted by Gasteiger charge is -2.30. The number of carbonyl (C=O) groups excluding carboxylic acids is 1. The molecule has 5 nitrogen and oxygen atoms in total. The molecule has 0 radical (unpaired) electrons. The zero-order chi connectivity index (χ0) is 17.7. The van der Waals surface area contributed by atoms with Crippen LogP contribution >= 0.6 is 11.8 Å². The highest BCUT2D eigenvalue weighted by atomic mass is 32.2. The molecule has 1 fully saturated rings. The summed E-state index contributed by atoms with van der Waals surface area (Å²) in [6.45, 7) is 0.551. The monoisotopic (exact) mass is 362 g/mol. The normalized spacial score (nSPS) is 15.6. The minimum absolute atomic E-state index is 0.131. The Labute approximate surface area is 141 Å². The average molecular weight is 362 g/mol. The van der Waals surface area contributed by atoms with Crippen LogP contribution in [0.4, 0.5) is 23.7 Å². The molecule has 132 valence electrons. The number of aliphatic carboxylic acids is 1. The predicted octanol–water partition coefficient (Wildman–Crippen LogP) is 3.51. The van der Waals surface area contributed by atoms with Crippen LogP contribution < -0.4 is 5.32 Å². The van der Waals surface area contributed by atoms with E-state index in [1.165, 1.54) is 11.0 Å². The zero-order valence-corrected chi connectivity index (χ0v) is 13.5. The molecule has 2 N–H and O–H groups in total. The second-order valence-electron chi connectivity index (χ2n) is 5.37. The van der Waals surface area contributed by atoms with E-state index in [0.717, 1.165) is 23.9 Å². The van der Waals surface area contributed by atoms with Crippen molar-refractivity contribution in [3.63, 3.8) is 0 Å². The number of anilines is 1. The Morgan fingerprint density at radius 2 is 2.00 bits per heavy atom. The molecular weight excluding hydrogens is 345 g/mol. The Morgan fingerprint density at radius 1 is 1.33 bits per heavy atom. The number of carbonyl (C=O) groups is 2. The fraction of sp³-hybridized carbons (Fsp3) is 0.467. The van der Waals surface area contributed by atoms with Crippen molar-refractivity contribution in [2.75, 3.05) is 24.2 Å². The highest BCUT2D eigenvalue weighted by molar-refractivity contribution is 7.99. The number of halogens is 3. The fourth-order valence-corrected chi connectivity index (χ4v) is 3.14. The number of thioether (sulfide) groups is 1. The van der Waals surface area contributed by atoms with Gasteiger partial charge >= 0.3 is 12.0 Å². The van der Waals surface area contributed by atoms with Crippen LogP contribution in [0.5, 0.6) is 0 Å². The van der Waals surface area contributed by atoms with Crippen molar-refractivity contribution in [1.82, 2.24) is 4.90 Å². The van der Waals surface area contributed by atoms with Crippen molar-refractivity contribution in [3.8, 4) is 0 Å². The van der Waals surface area contributed by atoms with Gasteiger partial charge in [-0.3, -0.25) is 4.79 Å². The number of nitrogens with zero attached hydrogens (tertiary/aromatic N) is 1. The van der Waals surface area contributed by atoms with Gasteiger partial charge in [-0.25, -0.2) is 18.0 Å². The van der Waals surface area contributed by atoms with Crippen molar-refractivity contribution in [1.29, 1.82) is 0 Å². The molecule has 1 aliphatic heterocycles. The lowest BCUT2D eigenvalue weighted by molar-refractivity contribution is -0.143. The van der Waals surface area contributed by atoms with Gasteiger partial charge in [0.05, 0.1) is 17.4 Å². The molecule has 0 unspecified atom stereocenters. The van der Waals surface area contributed by atoms with Crippen molar-refractivity contribution < 1.29 is 27.9 Å². The first-order valence-electron chi connectivity index (χ1n) is 7.36. The Hall–Kier alpha value is -1.90. The van der Waals surface area contributed by atoms with Crippen molar-refractivity contribution >= 4 is 29.4 Å². The third kappa shape index (κ3) is 5.05. The number of amides is 2. The largest absolute Gasteiger partial charge is 0.481 e. The maximum atomic E-state index is 13.4. The van der Waals surface area contributed by atoms with Crippen molar-refractivity contribution in [2.24, 2.45) is 5.92 Å². The number of likely N-dealkylation sites (tertiary alicyclic amines) is 1. The van der Waals surface area contributed by atoms with Gasteiger partial charge < -0.3 is 15.3 Å². The van der Waals surface area contributed by atoms with E-state index < -0.39 is 35.9 Å². The van der Waals surface area contributed by atoms with E-state index in [1.54, 1.807) is 0 Å². The molecule has 24 heavy (non-hydrogen) atoms. The summed E-state index contributed by atoms with van der Waals surface area (Å²) >= 11 is 0.829. The molecule has 0 atom stereocenters. The summed E-state index contributed by atoms with van der Waals surface area (Å²) in [7, 11) is 0. The SMILES string of the molecule is O=C(O)C1CCN(C(=O)Nc2cc(F)ccc2SCC(F)F)CC1. The first kappa shape index (κ1) is 18.4. The molecule has 0 aromatic heterocycles. The van der Waals surface area contributed by atoms with E-state index in [0.29, 0.717) is 17.7 Å². The van der Waals surface area contributed by atoms with Crippen LogP contribution in [0.3, 0.4) is 0 Å². The van der Waals surface area contributed by atoms with Gasteiger partial charge in [-0.2, -0.15) is 0 Å². The molecular formula is C15H17F3N2O3S. The standard InChI is InChI=1S/C15H17F3N2O3S/c16-10-1-2-12(24-8-13(17)18)11(7-10)19-15(23)20-5-3-9(4-6-20)14(21)22/h1-2,7,9,13H,3-6,8H2,(H,19,23)(H,21,22). The lowest BCUT2D eigenvalue weighted by Crippen LogP contribution is -2.42. The highest BCUT2D eigenvalue weighted by Crippen LogP contribution is 2.30. The Balaban J connectivity index is 2.00. The Kier molecular flexibility index (Phi) is 6.36. The number of carboxylic acids is 1. The molecule has 1 aromatic carbocycles. The summed E-state index contributed by atoms with van der Waals surface area (Å²) in [6, 6.07) is 3.06. The van der Waals surface area contributed by atoms with E-state index in [-0.39, 0.29) is 18.8 Å². The smallest absolute Gasteiger partial charge is 0.321 e. The minimum Gasteiger partial charge on any atom is -0.481 e. The highest BCUT2D eigenvalue weighted by Gasteiger charge is 2.27. The number of carboxylic acid groups (broad SMARTS) is 1. The fourth-order valence-electron chi connectivity index (χ4n) is 2.40. The first-order valence-corrected chi connectivity index (χ1v) is 8.34. The average Bonchev–Trinajstić information content (AvgIpc) is 2.54. The van der Waals surface area contributed by atoms with E-state index in [1.807, 2.05) is 0 Å². The molecule has 1 aliphatic rings. The molecule has 1 aromatic rings. The second-order valence-corrected chi connectivity index (χ2v) is 6.43. The van der Waals surface area contributed by atoms with Crippen molar-refractivity contribution in [3.05, 3.63) is 24.0 Å². The van der Waals surface area contributed by atoms with Gasteiger partial charge in [0.15, 0.2) is 0 Å². The number of rotatable bonds is 5. The van der Waals surface area contributed by atoms with Gasteiger partial charge in [0.2, 0.25) is 6.43 Å². The topological polar surface area (TPSA) is 69.6 Å². The number of benzene rings is 1. The van der Waals surface area contributed by atoms with Gasteiger partial charge in [0.25, 0.3) is 0 Å².